The number of nitrogens with zero attached hydrogens (tertiary/aromatic N) is 2. The second-order valence-corrected chi connectivity index (χ2v) is 4.70. The molecule has 2 rings (SSSR count). The third-order valence-corrected chi connectivity index (χ3v) is 2.94. The molecule has 0 aliphatic rings. The molecule has 0 saturated heterocycles. The molecule has 22 heavy (non-hydrogen) atoms. The first-order chi connectivity index (χ1) is 10.7. The van der Waals surface area contributed by atoms with Crippen LogP contribution in [0.15, 0.2) is 30.3 Å². The summed E-state index contributed by atoms with van der Waals surface area (Å²) < 4.78 is 5.73. The van der Waals surface area contributed by atoms with E-state index in [2.05, 4.69) is 15.3 Å². The second kappa shape index (κ2) is 7.40. The van der Waals surface area contributed by atoms with Gasteiger partial charge in [0.15, 0.2) is 0 Å². The zero-order chi connectivity index (χ0) is 15.9. The van der Waals surface area contributed by atoms with Crippen molar-refractivity contribution in [3.8, 4) is 17.0 Å². The lowest BCUT2D eigenvalue weighted by Crippen LogP contribution is -2.24. The third-order valence-electron chi connectivity index (χ3n) is 2.94. The quantitative estimate of drug-likeness (QED) is 0.854. The Bertz CT molecular complexity index is 658. The van der Waals surface area contributed by atoms with Crippen molar-refractivity contribution in [1.82, 2.24) is 15.3 Å². The molecule has 6 nitrogen and oxygen atoms in total. The van der Waals surface area contributed by atoms with Gasteiger partial charge in [0.2, 0.25) is 5.95 Å². The monoisotopic (exact) mass is 300 g/mol. The van der Waals surface area contributed by atoms with E-state index in [1.807, 2.05) is 38.1 Å². The van der Waals surface area contributed by atoms with Crippen molar-refractivity contribution in [2.45, 2.75) is 20.3 Å². The lowest BCUT2D eigenvalue weighted by molar-refractivity contribution is 0.0951. The largest absolute Gasteiger partial charge is 0.493 e. The van der Waals surface area contributed by atoms with Crippen molar-refractivity contribution in [3.05, 3.63) is 36.0 Å². The summed E-state index contributed by atoms with van der Waals surface area (Å²) in [6.45, 7) is 5.02. The summed E-state index contributed by atoms with van der Waals surface area (Å²) in [5.74, 6) is 0.498. The summed E-state index contributed by atoms with van der Waals surface area (Å²) in [6.07, 6.45) is 0.907. The van der Waals surface area contributed by atoms with Gasteiger partial charge < -0.3 is 15.8 Å². The zero-order valence-corrected chi connectivity index (χ0v) is 12.8. The van der Waals surface area contributed by atoms with Crippen LogP contribution in [0.2, 0.25) is 0 Å². The molecule has 0 bridgehead atoms. The SMILES string of the molecule is CCCOc1ccccc1-c1cc(C(=O)NCC)nc(N)n1. The summed E-state index contributed by atoms with van der Waals surface area (Å²) in [6, 6.07) is 9.15. The smallest absolute Gasteiger partial charge is 0.270 e. The number of carbonyl (C=O) groups excluding carboxylic acids is 1. The van der Waals surface area contributed by atoms with Gasteiger partial charge in [0.1, 0.15) is 11.4 Å². The molecular weight excluding hydrogens is 280 g/mol. The maximum Gasteiger partial charge on any atom is 0.270 e. The molecule has 1 aromatic heterocycles. The van der Waals surface area contributed by atoms with Crippen LogP contribution in [0.3, 0.4) is 0 Å². The van der Waals surface area contributed by atoms with E-state index in [1.165, 1.54) is 0 Å². The number of ether oxygens (including phenoxy) is 1. The summed E-state index contributed by atoms with van der Waals surface area (Å²) in [5, 5.41) is 2.70. The van der Waals surface area contributed by atoms with Gasteiger partial charge in [-0.3, -0.25) is 4.79 Å². The predicted molar refractivity (Wildman–Crippen MR) is 85.7 cm³/mol. The first kappa shape index (κ1) is 15.8. The molecule has 1 heterocycles. The van der Waals surface area contributed by atoms with E-state index in [0.717, 1.165) is 12.0 Å². The van der Waals surface area contributed by atoms with Crippen molar-refractivity contribution in [2.24, 2.45) is 0 Å². The normalized spacial score (nSPS) is 10.3. The molecule has 1 amide bonds. The number of hydrogen-bond donors (Lipinski definition) is 2. The minimum Gasteiger partial charge on any atom is -0.493 e. The molecule has 0 atom stereocenters. The van der Waals surface area contributed by atoms with Gasteiger partial charge in [-0.1, -0.05) is 19.1 Å². The topological polar surface area (TPSA) is 90.1 Å². The minimum atomic E-state index is -0.273. The van der Waals surface area contributed by atoms with Gasteiger partial charge >= 0.3 is 0 Å². The lowest BCUT2D eigenvalue weighted by Gasteiger charge is -2.11. The third kappa shape index (κ3) is 3.72. The van der Waals surface area contributed by atoms with E-state index >= 15 is 0 Å². The van der Waals surface area contributed by atoms with E-state index < -0.39 is 0 Å². The van der Waals surface area contributed by atoms with Gasteiger partial charge in [-0.05, 0) is 31.5 Å². The number of anilines is 1. The van der Waals surface area contributed by atoms with Crippen LogP contribution in [0.5, 0.6) is 5.75 Å². The van der Waals surface area contributed by atoms with Crippen molar-refractivity contribution in [1.29, 1.82) is 0 Å². The number of nitrogens with one attached hydrogen (secondary N) is 1. The Balaban J connectivity index is 2.42. The lowest BCUT2D eigenvalue weighted by atomic mass is 10.1. The Morgan fingerprint density at radius 3 is 2.77 bits per heavy atom. The number of nitrogen functional groups attached to an aromatic ring is 1. The average molecular weight is 300 g/mol. The highest BCUT2D eigenvalue weighted by Crippen LogP contribution is 2.29. The molecule has 0 fully saturated rings. The van der Waals surface area contributed by atoms with Gasteiger partial charge in [0.25, 0.3) is 5.91 Å². The van der Waals surface area contributed by atoms with Crippen molar-refractivity contribution < 1.29 is 9.53 Å². The Morgan fingerprint density at radius 1 is 1.27 bits per heavy atom. The van der Waals surface area contributed by atoms with E-state index in [1.54, 1.807) is 6.07 Å². The fourth-order valence-electron chi connectivity index (χ4n) is 1.99. The Morgan fingerprint density at radius 2 is 2.05 bits per heavy atom. The molecule has 116 valence electrons. The van der Waals surface area contributed by atoms with Crippen LogP contribution < -0.4 is 15.8 Å². The van der Waals surface area contributed by atoms with E-state index in [4.69, 9.17) is 10.5 Å². The predicted octanol–water partition coefficient (Wildman–Crippen LogP) is 2.26. The molecule has 1 aromatic carbocycles. The molecule has 0 saturated carbocycles. The van der Waals surface area contributed by atoms with Gasteiger partial charge in [-0.2, -0.15) is 0 Å². The summed E-state index contributed by atoms with van der Waals surface area (Å²) >= 11 is 0. The van der Waals surface area contributed by atoms with Crippen LogP contribution in [0.1, 0.15) is 30.8 Å². The molecule has 0 unspecified atom stereocenters. The number of benzene rings is 1. The number of rotatable bonds is 6. The Kier molecular flexibility index (Phi) is 5.30. The molecule has 0 aliphatic heterocycles. The van der Waals surface area contributed by atoms with E-state index in [0.29, 0.717) is 24.6 Å². The van der Waals surface area contributed by atoms with E-state index in [-0.39, 0.29) is 17.5 Å². The molecule has 0 aliphatic carbocycles. The molecule has 3 N–H and O–H groups in total. The van der Waals surface area contributed by atoms with Crippen LogP contribution in [-0.4, -0.2) is 29.0 Å². The fourth-order valence-corrected chi connectivity index (χ4v) is 1.99. The van der Waals surface area contributed by atoms with Crippen LogP contribution in [0.4, 0.5) is 5.95 Å². The average Bonchev–Trinajstić information content (AvgIpc) is 2.53. The first-order valence-electron chi connectivity index (χ1n) is 7.30. The number of aromatic nitrogens is 2. The van der Waals surface area contributed by atoms with Crippen LogP contribution in [-0.2, 0) is 0 Å². The second-order valence-electron chi connectivity index (χ2n) is 4.70. The van der Waals surface area contributed by atoms with E-state index in [9.17, 15) is 4.79 Å². The highest BCUT2D eigenvalue weighted by atomic mass is 16.5. The minimum absolute atomic E-state index is 0.0593. The van der Waals surface area contributed by atoms with Crippen LogP contribution >= 0.6 is 0 Å². The number of hydrogen-bond acceptors (Lipinski definition) is 5. The number of amides is 1. The first-order valence-corrected chi connectivity index (χ1v) is 7.30. The van der Waals surface area contributed by atoms with Crippen LogP contribution in [0, 0.1) is 0 Å². The zero-order valence-electron chi connectivity index (χ0n) is 12.8. The van der Waals surface area contributed by atoms with Gasteiger partial charge in [-0.15, -0.1) is 0 Å². The fraction of sp³-hybridized carbons (Fsp3) is 0.312. The molecule has 0 spiro atoms. The standard InChI is InChI=1S/C16H20N4O2/c1-3-9-22-14-8-6-5-7-11(14)12-10-13(15(21)18-4-2)20-16(17)19-12/h5-8,10H,3-4,9H2,1-2H3,(H,18,21)(H2,17,19,20). The Labute approximate surface area is 129 Å². The molecule has 6 heteroatoms. The summed E-state index contributed by atoms with van der Waals surface area (Å²) in [5.41, 5.74) is 7.34. The highest BCUT2D eigenvalue weighted by Gasteiger charge is 2.13. The number of nitrogens with two attached hydrogens (primary N) is 1. The van der Waals surface area contributed by atoms with Gasteiger partial charge in [0, 0.05) is 12.1 Å². The molecular formula is C16H20N4O2. The number of para-hydroxylation sites is 1. The highest BCUT2D eigenvalue weighted by molar-refractivity contribution is 5.93. The molecule has 0 radical (unpaired) electrons. The summed E-state index contributed by atoms with van der Waals surface area (Å²) in [7, 11) is 0. The molecule has 2 aromatic rings. The van der Waals surface area contributed by atoms with Crippen molar-refractivity contribution in [3.63, 3.8) is 0 Å². The maximum absolute atomic E-state index is 11.9. The van der Waals surface area contributed by atoms with Crippen molar-refractivity contribution >= 4 is 11.9 Å². The van der Waals surface area contributed by atoms with Crippen LogP contribution in [0.25, 0.3) is 11.3 Å². The van der Waals surface area contributed by atoms with Gasteiger partial charge in [0.05, 0.1) is 12.3 Å². The number of carbonyl (C=O) groups is 1. The Hall–Kier alpha value is -2.63. The maximum atomic E-state index is 11.9. The van der Waals surface area contributed by atoms with Gasteiger partial charge in [-0.25, -0.2) is 9.97 Å². The summed E-state index contributed by atoms with van der Waals surface area (Å²) in [4.78, 5) is 20.2. The van der Waals surface area contributed by atoms with Crippen molar-refractivity contribution in [2.75, 3.05) is 18.9 Å².